The smallest absolute Gasteiger partial charge is 0.271 e. The van der Waals surface area contributed by atoms with Gasteiger partial charge in [0.25, 0.3) is 6.08 Å². The van der Waals surface area contributed by atoms with E-state index >= 15 is 0 Å². The molecule has 3 heteroatoms. The number of hydrogen-bond donors (Lipinski definition) is 1. The van der Waals surface area contributed by atoms with Crippen molar-refractivity contribution >= 4 is 0 Å². The summed E-state index contributed by atoms with van der Waals surface area (Å²) in [5.74, 6) is 0. The van der Waals surface area contributed by atoms with Gasteiger partial charge in [-0.25, -0.2) is 0 Å². The summed E-state index contributed by atoms with van der Waals surface area (Å²) < 4.78 is 24.4. The van der Waals surface area contributed by atoms with Gasteiger partial charge in [-0.05, 0) is 5.56 Å². The SMILES string of the molecule is NCC(Cc1ccccc1)=C(F)F. The Labute approximate surface area is 75.9 Å². The van der Waals surface area contributed by atoms with Crippen LogP contribution in [0.4, 0.5) is 8.78 Å². The second kappa shape index (κ2) is 4.72. The average Bonchev–Trinajstić information content (AvgIpc) is 2.15. The van der Waals surface area contributed by atoms with Gasteiger partial charge in [-0.15, -0.1) is 0 Å². The normalized spacial score (nSPS) is 9.77. The molecule has 1 nitrogen and oxygen atoms in total. The van der Waals surface area contributed by atoms with Crippen molar-refractivity contribution in [2.24, 2.45) is 5.73 Å². The van der Waals surface area contributed by atoms with Gasteiger partial charge in [-0.2, -0.15) is 8.78 Å². The van der Waals surface area contributed by atoms with Crippen LogP contribution >= 0.6 is 0 Å². The molecule has 0 aromatic heterocycles. The molecule has 0 fully saturated rings. The highest BCUT2D eigenvalue weighted by atomic mass is 19.3. The van der Waals surface area contributed by atoms with Gasteiger partial charge in [0, 0.05) is 18.5 Å². The Balaban J connectivity index is 2.74. The molecule has 0 heterocycles. The molecule has 70 valence electrons. The molecule has 0 saturated heterocycles. The molecule has 13 heavy (non-hydrogen) atoms. The third kappa shape index (κ3) is 2.95. The Morgan fingerprint density at radius 3 is 2.23 bits per heavy atom. The van der Waals surface area contributed by atoms with E-state index in [1.807, 2.05) is 18.2 Å². The third-order valence-electron chi connectivity index (χ3n) is 1.77. The topological polar surface area (TPSA) is 26.0 Å². The average molecular weight is 183 g/mol. The number of rotatable bonds is 3. The number of halogens is 2. The molecule has 0 spiro atoms. The van der Waals surface area contributed by atoms with Crippen LogP contribution in [0.2, 0.25) is 0 Å². The van der Waals surface area contributed by atoms with Crippen molar-refractivity contribution in [2.45, 2.75) is 6.42 Å². The minimum Gasteiger partial charge on any atom is -0.327 e. The molecule has 0 saturated carbocycles. The summed E-state index contributed by atoms with van der Waals surface area (Å²) in [6.07, 6.45) is -1.42. The van der Waals surface area contributed by atoms with Crippen LogP contribution in [0.3, 0.4) is 0 Å². The first kappa shape index (κ1) is 9.86. The first-order valence-electron chi connectivity index (χ1n) is 4.01. The fourth-order valence-electron chi connectivity index (χ4n) is 1.06. The van der Waals surface area contributed by atoms with Gasteiger partial charge in [0.15, 0.2) is 0 Å². The van der Waals surface area contributed by atoms with Crippen molar-refractivity contribution in [3.63, 3.8) is 0 Å². The highest BCUT2D eigenvalue weighted by Gasteiger charge is 2.04. The molecule has 0 radical (unpaired) electrons. The summed E-state index contributed by atoms with van der Waals surface area (Å²) in [6, 6.07) is 9.09. The van der Waals surface area contributed by atoms with E-state index < -0.39 is 6.08 Å². The summed E-state index contributed by atoms with van der Waals surface area (Å²) in [6.45, 7) is -0.0861. The van der Waals surface area contributed by atoms with Crippen molar-refractivity contribution in [2.75, 3.05) is 6.54 Å². The largest absolute Gasteiger partial charge is 0.327 e. The monoisotopic (exact) mass is 183 g/mol. The van der Waals surface area contributed by atoms with Gasteiger partial charge in [0.1, 0.15) is 0 Å². The predicted molar refractivity (Wildman–Crippen MR) is 48.4 cm³/mol. The van der Waals surface area contributed by atoms with Gasteiger partial charge < -0.3 is 5.73 Å². The van der Waals surface area contributed by atoms with Gasteiger partial charge in [-0.3, -0.25) is 0 Å². The van der Waals surface area contributed by atoms with Crippen molar-refractivity contribution in [1.82, 2.24) is 0 Å². The summed E-state index contributed by atoms with van der Waals surface area (Å²) in [5.41, 5.74) is 6.05. The minimum absolute atomic E-state index is 0.00574. The first-order valence-corrected chi connectivity index (χ1v) is 4.01. The minimum atomic E-state index is -1.66. The molecule has 1 rings (SSSR count). The van der Waals surface area contributed by atoms with Crippen LogP contribution < -0.4 is 5.73 Å². The van der Waals surface area contributed by atoms with Crippen LogP contribution in [0, 0.1) is 0 Å². The molecule has 0 aliphatic heterocycles. The van der Waals surface area contributed by atoms with Gasteiger partial charge >= 0.3 is 0 Å². The maximum atomic E-state index is 12.2. The number of nitrogens with two attached hydrogens (primary N) is 1. The van der Waals surface area contributed by atoms with Crippen molar-refractivity contribution in [3.8, 4) is 0 Å². The van der Waals surface area contributed by atoms with Crippen molar-refractivity contribution in [3.05, 3.63) is 47.5 Å². The molecule has 0 aliphatic carbocycles. The maximum Gasteiger partial charge on any atom is 0.271 e. The predicted octanol–water partition coefficient (Wildman–Crippen LogP) is 2.34. The molecular formula is C10H11F2N. The van der Waals surface area contributed by atoms with Crippen LogP contribution in [0.25, 0.3) is 0 Å². The highest BCUT2D eigenvalue weighted by Crippen LogP contribution is 2.12. The summed E-state index contributed by atoms with van der Waals surface area (Å²) in [4.78, 5) is 0. The summed E-state index contributed by atoms with van der Waals surface area (Å²) in [7, 11) is 0. The quantitative estimate of drug-likeness (QED) is 0.764. The molecule has 0 bridgehead atoms. The lowest BCUT2D eigenvalue weighted by molar-refractivity contribution is 0.408. The van der Waals surface area contributed by atoms with Crippen LogP contribution in [0.15, 0.2) is 42.0 Å². The zero-order valence-electron chi connectivity index (χ0n) is 7.13. The van der Waals surface area contributed by atoms with E-state index in [0.717, 1.165) is 5.56 Å². The highest BCUT2D eigenvalue weighted by molar-refractivity contribution is 5.22. The second-order valence-corrected chi connectivity index (χ2v) is 2.73. The third-order valence-corrected chi connectivity index (χ3v) is 1.77. The van der Waals surface area contributed by atoms with Gasteiger partial charge in [-0.1, -0.05) is 30.3 Å². The molecule has 0 atom stereocenters. The van der Waals surface area contributed by atoms with Crippen LogP contribution in [-0.4, -0.2) is 6.54 Å². The summed E-state index contributed by atoms with van der Waals surface area (Å²) in [5, 5.41) is 0. The van der Waals surface area contributed by atoms with Crippen LogP contribution in [0.1, 0.15) is 5.56 Å². The first-order chi connectivity index (χ1) is 6.24. The van der Waals surface area contributed by atoms with E-state index in [2.05, 4.69) is 0 Å². The molecule has 0 amide bonds. The van der Waals surface area contributed by atoms with E-state index in [9.17, 15) is 8.78 Å². The summed E-state index contributed by atoms with van der Waals surface area (Å²) >= 11 is 0. The van der Waals surface area contributed by atoms with E-state index in [1.54, 1.807) is 12.1 Å². The van der Waals surface area contributed by atoms with E-state index in [1.165, 1.54) is 0 Å². The zero-order valence-corrected chi connectivity index (χ0v) is 7.13. The Morgan fingerprint density at radius 2 is 1.77 bits per heavy atom. The van der Waals surface area contributed by atoms with Crippen molar-refractivity contribution < 1.29 is 8.78 Å². The van der Waals surface area contributed by atoms with Crippen molar-refractivity contribution in [1.29, 1.82) is 0 Å². The standard InChI is InChI=1S/C10H11F2N/c11-10(12)9(7-13)6-8-4-2-1-3-5-8/h1-5H,6-7,13H2. The molecule has 1 aromatic carbocycles. The Morgan fingerprint density at radius 1 is 1.15 bits per heavy atom. The van der Waals surface area contributed by atoms with Gasteiger partial charge in [0.2, 0.25) is 0 Å². The molecular weight excluding hydrogens is 172 g/mol. The Kier molecular flexibility index (Phi) is 3.58. The zero-order chi connectivity index (χ0) is 9.68. The van der Waals surface area contributed by atoms with E-state index in [0.29, 0.717) is 0 Å². The Bertz CT molecular complexity index is 289. The number of hydrogen-bond acceptors (Lipinski definition) is 1. The van der Waals surface area contributed by atoms with Crippen LogP contribution in [-0.2, 0) is 6.42 Å². The van der Waals surface area contributed by atoms with Gasteiger partial charge in [0.05, 0.1) is 0 Å². The fraction of sp³-hybridized carbons (Fsp3) is 0.200. The van der Waals surface area contributed by atoms with E-state index in [-0.39, 0.29) is 18.5 Å². The second-order valence-electron chi connectivity index (χ2n) is 2.73. The number of benzene rings is 1. The Hall–Kier alpha value is -1.22. The molecule has 2 N–H and O–H groups in total. The lowest BCUT2D eigenvalue weighted by atomic mass is 10.1. The maximum absolute atomic E-state index is 12.2. The molecule has 0 unspecified atom stereocenters. The lowest BCUT2D eigenvalue weighted by Gasteiger charge is -2.02. The fourth-order valence-corrected chi connectivity index (χ4v) is 1.06. The lowest BCUT2D eigenvalue weighted by Crippen LogP contribution is -2.06. The molecule has 1 aromatic rings. The molecule has 0 aliphatic rings. The van der Waals surface area contributed by atoms with Crippen LogP contribution in [0.5, 0.6) is 0 Å². The van der Waals surface area contributed by atoms with E-state index in [4.69, 9.17) is 5.73 Å².